The number of amides is 1. The summed E-state index contributed by atoms with van der Waals surface area (Å²) < 4.78 is 0. The Morgan fingerprint density at radius 3 is 2.26 bits per heavy atom. The summed E-state index contributed by atoms with van der Waals surface area (Å²) in [5.74, 6) is -2.39. The SMILES string of the molecule is Cc1cccc(N2C(=O)c3c(C4C(=O)c5ccccc5C4=O)[nH]c(-c4ccccn4)c3C2O)c1. The number of nitrogens with zero attached hydrogens (tertiary/aromatic N) is 2. The van der Waals surface area contributed by atoms with Crippen molar-refractivity contribution in [3.05, 3.63) is 106 Å². The topological polar surface area (TPSA) is 103 Å². The number of pyridine rings is 1. The molecule has 2 aromatic carbocycles. The maximum atomic E-state index is 13.7. The lowest BCUT2D eigenvalue weighted by Crippen LogP contribution is -2.29. The Kier molecular flexibility index (Phi) is 4.37. The second kappa shape index (κ2) is 7.33. The van der Waals surface area contributed by atoms with Crippen LogP contribution in [0.5, 0.6) is 0 Å². The van der Waals surface area contributed by atoms with Crippen LogP contribution < -0.4 is 4.90 Å². The molecule has 2 aliphatic rings. The number of Topliss-reactive ketones (excluding diaryl/α,β-unsaturated/α-hetero) is 2. The Bertz CT molecular complexity index is 1470. The molecule has 0 saturated carbocycles. The summed E-state index contributed by atoms with van der Waals surface area (Å²) in [6, 6.07) is 19.2. The second-order valence-corrected chi connectivity index (χ2v) is 8.51. The fraction of sp³-hybridized carbons (Fsp3) is 0.111. The van der Waals surface area contributed by atoms with Crippen LogP contribution in [0.3, 0.4) is 0 Å². The van der Waals surface area contributed by atoms with Gasteiger partial charge in [0.15, 0.2) is 17.8 Å². The molecule has 1 unspecified atom stereocenters. The van der Waals surface area contributed by atoms with Crippen molar-refractivity contribution in [2.75, 3.05) is 4.90 Å². The van der Waals surface area contributed by atoms with Crippen LogP contribution in [0, 0.1) is 6.92 Å². The lowest BCUT2D eigenvalue weighted by Gasteiger charge is -2.22. The van der Waals surface area contributed by atoms with Crippen LogP contribution in [-0.2, 0) is 0 Å². The molecule has 0 radical (unpaired) electrons. The molecule has 1 amide bonds. The molecule has 1 atom stereocenters. The zero-order valence-electron chi connectivity index (χ0n) is 18.1. The Hall–Kier alpha value is -4.36. The third-order valence-electron chi connectivity index (χ3n) is 6.48. The smallest absolute Gasteiger partial charge is 0.263 e. The highest BCUT2D eigenvalue weighted by Crippen LogP contribution is 2.46. The zero-order chi connectivity index (χ0) is 23.6. The van der Waals surface area contributed by atoms with Gasteiger partial charge in [-0.05, 0) is 36.8 Å². The first-order chi connectivity index (χ1) is 16.5. The van der Waals surface area contributed by atoms with E-state index in [1.807, 2.05) is 13.0 Å². The Balaban J connectivity index is 1.57. The Morgan fingerprint density at radius 2 is 1.62 bits per heavy atom. The molecule has 166 valence electrons. The summed E-state index contributed by atoms with van der Waals surface area (Å²) in [6.45, 7) is 1.90. The van der Waals surface area contributed by atoms with Crippen molar-refractivity contribution in [1.29, 1.82) is 0 Å². The van der Waals surface area contributed by atoms with Crippen molar-refractivity contribution in [1.82, 2.24) is 9.97 Å². The Labute approximate surface area is 194 Å². The molecule has 6 rings (SSSR count). The van der Waals surface area contributed by atoms with Crippen LogP contribution in [0.4, 0.5) is 5.69 Å². The highest BCUT2D eigenvalue weighted by molar-refractivity contribution is 6.30. The molecule has 3 heterocycles. The number of aliphatic hydroxyl groups is 1. The molecule has 1 aliphatic heterocycles. The summed E-state index contributed by atoms with van der Waals surface area (Å²) in [5.41, 5.74) is 3.70. The fourth-order valence-corrected chi connectivity index (χ4v) is 4.95. The van der Waals surface area contributed by atoms with E-state index in [-0.39, 0.29) is 22.8 Å². The average molecular weight is 449 g/mol. The van der Waals surface area contributed by atoms with Gasteiger partial charge >= 0.3 is 0 Å². The molecule has 2 aromatic heterocycles. The number of H-pyrrole nitrogens is 1. The van der Waals surface area contributed by atoms with E-state index in [1.54, 1.807) is 66.9 Å². The van der Waals surface area contributed by atoms with E-state index >= 15 is 0 Å². The minimum Gasteiger partial charge on any atom is -0.369 e. The van der Waals surface area contributed by atoms with E-state index < -0.39 is 18.1 Å². The van der Waals surface area contributed by atoms with Gasteiger partial charge in [-0.25, -0.2) is 0 Å². The van der Waals surface area contributed by atoms with E-state index in [4.69, 9.17) is 0 Å². The number of hydrogen-bond donors (Lipinski definition) is 2. The van der Waals surface area contributed by atoms with Crippen LogP contribution in [0.2, 0.25) is 0 Å². The monoisotopic (exact) mass is 449 g/mol. The number of benzene rings is 2. The predicted octanol–water partition coefficient (Wildman–Crippen LogP) is 4.20. The lowest BCUT2D eigenvalue weighted by atomic mass is 9.95. The molecule has 7 heteroatoms. The number of hydrogen-bond acceptors (Lipinski definition) is 5. The van der Waals surface area contributed by atoms with Crippen molar-refractivity contribution < 1.29 is 19.5 Å². The van der Waals surface area contributed by atoms with Gasteiger partial charge in [0.1, 0.15) is 5.92 Å². The lowest BCUT2D eigenvalue weighted by molar-refractivity contribution is 0.0888. The third kappa shape index (κ3) is 2.74. The number of anilines is 1. The molecule has 0 fully saturated rings. The molecule has 0 bridgehead atoms. The molecule has 4 aromatic rings. The van der Waals surface area contributed by atoms with Gasteiger partial charge in [-0.1, -0.05) is 42.5 Å². The molecule has 1 aliphatic carbocycles. The minimum absolute atomic E-state index is 0.147. The molecule has 0 saturated heterocycles. The minimum atomic E-state index is -1.31. The van der Waals surface area contributed by atoms with Crippen LogP contribution >= 0.6 is 0 Å². The van der Waals surface area contributed by atoms with E-state index in [9.17, 15) is 19.5 Å². The average Bonchev–Trinajstić information content (AvgIpc) is 3.44. The van der Waals surface area contributed by atoms with Gasteiger partial charge in [0, 0.05) is 34.3 Å². The van der Waals surface area contributed by atoms with E-state index in [0.717, 1.165) is 5.56 Å². The normalized spacial score (nSPS) is 17.4. The van der Waals surface area contributed by atoms with Crippen LogP contribution in [0.1, 0.15) is 60.0 Å². The van der Waals surface area contributed by atoms with Gasteiger partial charge in [-0.15, -0.1) is 0 Å². The van der Waals surface area contributed by atoms with E-state index in [1.165, 1.54) is 4.90 Å². The van der Waals surface area contributed by atoms with Gasteiger partial charge in [-0.3, -0.25) is 24.3 Å². The highest BCUT2D eigenvalue weighted by Gasteiger charge is 2.48. The van der Waals surface area contributed by atoms with Crippen molar-refractivity contribution in [3.8, 4) is 11.4 Å². The van der Waals surface area contributed by atoms with Crippen molar-refractivity contribution in [2.24, 2.45) is 0 Å². The molecule has 0 spiro atoms. The standard InChI is InChI=1S/C27H19N3O4/c1-14-7-6-8-15(13-14)30-26(33)19-20(27(30)34)23(29-22(19)18-11-4-5-12-28-18)21-24(31)16-9-2-3-10-17(16)25(21)32/h2-13,21,26,29,33H,1H3. The zero-order valence-corrected chi connectivity index (χ0v) is 18.1. The number of rotatable bonds is 3. The second-order valence-electron chi connectivity index (χ2n) is 8.51. The van der Waals surface area contributed by atoms with Crippen molar-refractivity contribution >= 4 is 23.2 Å². The Morgan fingerprint density at radius 1 is 0.912 bits per heavy atom. The first-order valence-corrected chi connectivity index (χ1v) is 10.9. The molecule has 7 nitrogen and oxygen atoms in total. The maximum Gasteiger partial charge on any atom is 0.263 e. The number of aromatic amines is 1. The number of ketones is 2. The number of aromatic nitrogens is 2. The summed E-state index contributed by atoms with van der Waals surface area (Å²) >= 11 is 0. The molecular weight excluding hydrogens is 430 g/mol. The fourth-order valence-electron chi connectivity index (χ4n) is 4.95. The van der Waals surface area contributed by atoms with E-state index in [2.05, 4.69) is 9.97 Å². The van der Waals surface area contributed by atoms with Crippen molar-refractivity contribution in [2.45, 2.75) is 19.1 Å². The van der Waals surface area contributed by atoms with Gasteiger partial charge in [-0.2, -0.15) is 0 Å². The molecule has 2 N–H and O–H groups in total. The van der Waals surface area contributed by atoms with E-state index in [0.29, 0.717) is 33.8 Å². The van der Waals surface area contributed by atoms with Gasteiger partial charge in [0.2, 0.25) is 0 Å². The summed E-state index contributed by atoms with van der Waals surface area (Å²) in [5, 5.41) is 11.3. The largest absolute Gasteiger partial charge is 0.369 e. The van der Waals surface area contributed by atoms with Crippen molar-refractivity contribution in [3.63, 3.8) is 0 Å². The van der Waals surface area contributed by atoms with Crippen LogP contribution in [-0.4, -0.2) is 32.5 Å². The quantitative estimate of drug-likeness (QED) is 0.456. The predicted molar refractivity (Wildman–Crippen MR) is 125 cm³/mol. The van der Waals surface area contributed by atoms with Crippen LogP contribution in [0.15, 0.2) is 72.9 Å². The number of carbonyl (C=O) groups excluding carboxylic acids is 3. The summed E-state index contributed by atoms with van der Waals surface area (Å²) in [7, 11) is 0. The molecular formula is C27H19N3O4. The van der Waals surface area contributed by atoms with Crippen LogP contribution in [0.25, 0.3) is 11.4 Å². The van der Waals surface area contributed by atoms with Gasteiger partial charge in [0.05, 0.1) is 17.0 Å². The van der Waals surface area contributed by atoms with Gasteiger partial charge in [0.25, 0.3) is 5.91 Å². The molecule has 34 heavy (non-hydrogen) atoms. The third-order valence-corrected chi connectivity index (χ3v) is 6.48. The first kappa shape index (κ1) is 20.3. The number of fused-ring (bicyclic) bond motifs is 2. The number of aliphatic hydroxyl groups excluding tert-OH is 1. The highest BCUT2D eigenvalue weighted by atomic mass is 16.3. The summed E-state index contributed by atoms with van der Waals surface area (Å²) in [4.78, 5) is 49.1. The maximum absolute atomic E-state index is 13.7. The first-order valence-electron chi connectivity index (χ1n) is 10.9. The summed E-state index contributed by atoms with van der Waals surface area (Å²) in [6.07, 6.45) is 0.297. The number of aryl methyl sites for hydroxylation is 1. The number of nitrogens with one attached hydrogen (secondary N) is 1. The number of carbonyl (C=O) groups is 3. The van der Waals surface area contributed by atoms with Gasteiger partial charge < -0.3 is 10.1 Å².